The number of Topliss-reactive ketones (excluding diaryl/α,β-unsaturated/α-hetero) is 1. The van der Waals surface area contributed by atoms with Gasteiger partial charge in [-0.25, -0.2) is 0 Å². The van der Waals surface area contributed by atoms with E-state index in [1.807, 2.05) is 30.3 Å². The fourth-order valence-electron chi connectivity index (χ4n) is 5.96. The molecular weight excluding hydrogens is 510 g/mol. The lowest BCUT2D eigenvalue weighted by Gasteiger charge is -2.38. The smallest absolute Gasteiger partial charge is 0.322 e. The molecule has 1 heterocycles. The number of rotatable bonds is 7. The topological polar surface area (TPSA) is 124 Å². The summed E-state index contributed by atoms with van der Waals surface area (Å²) in [5.41, 5.74) is 1.57. The molecule has 3 amide bonds. The number of para-hydroxylation sites is 1. The number of hydrogen-bond acceptors (Lipinski definition) is 5. The van der Waals surface area contributed by atoms with E-state index in [9.17, 15) is 24.0 Å². The quantitative estimate of drug-likeness (QED) is 0.506. The van der Waals surface area contributed by atoms with Gasteiger partial charge in [-0.1, -0.05) is 81.0 Å². The van der Waals surface area contributed by atoms with E-state index in [0.29, 0.717) is 12.1 Å². The second-order valence-electron chi connectivity index (χ2n) is 10.7. The van der Waals surface area contributed by atoms with Crippen LogP contribution in [-0.4, -0.2) is 58.1 Å². The molecule has 0 bridgehead atoms. The molecular formula is C31H37N3O6. The van der Waals surface area contributed by atoms with Gasteiger partial charge in [0, 0.05) is 18.9 Å². The fraction of sp³-hybridized carbons (Fsp3) is 0.452. The zero-order valence-electron chi connectivity index (χ0n) is 22.9. The molecule has 40 heavy (non-hydrogen) atoms. The molecule has 0 aromatic heterocycles. The average Bonchev–Trinajstić information content (AvgIpc) is 3.20. The summed E-state index contributed by atoms with van der Waals surface area (Å²) >= 11 is 0. The third-order valence-electron chi connectivity index (χ3n) is 7.89. The third kappa shape index (κ3) is 6.94. The zero-order valence-corrected chi connectivity index (χ0v) is 22.9. The molecule has 1 saturated carbocycles. The van der Waals surface area contributed by atoms with E-state index in [4.69, 9.17) is 5.11 Å². The monoisotopic (exact) mass is 547 g/mol. The van der Waals surface area contributed by atoms with Gasteiger partial charge in [0.1, 0.15) is 18.6 Å². The second-order valence-corrected chi connectivity index (χ2v) is 10.7. The van der Waals surface area contributed by atoms with Gasteiger partial charge in [0.15, 0.2) is 5.78 Å². The molecule has 0 unspecified atom stereocenters. The maximum atomic E-state index is 14.6. The predicted octanol–water partition coefficient (Wildman–Crippen LogP) is 3.95. The van der Waals surface area contributed by atoms with Crippen LogP contribution < -0.4 is 10.2 Å². The molecule has 212 valence electrons. The lowest BCUT2D eigenvalue weighted by atomic mass is 9.90. The Morgan fingerprint density at radius 1 is 0.925 bits per heavy atom. The van der Waals surface area contributed by atoms with Gasteiger partial charge in [0.25, 0.3) is 0 Å². The fourth-order valence-corrected chi connectivity index (χ4v) is 5.96. The van der Waals surface area contributed by atoms with Gasteiger partial charge < -0.3 is 20.2 Å². The van der Waals surface area contributed by atoms with Gasteiger partial charge >= 0.3 is 5.97 Å². The van der Waals surface area contributed by atoms with Gasteiger partial charge in [0.05, 0.1) is 12.2 Å². The zero-order chi connectivity index (χ0) is 28.6. The molecule has 2 aromatic rings. The molecule has 2 N–H and O–H groups in total. The molecule has 2 atom stereocenters. The van der Waals surface area contributed by atoms with E-state index in [1.54, 1.807) is 29.2 Å². The molecule has 2 aliphatic rings. The van der Waals surface area contributed by atoms with Crippen LogP contribution in [0.5, 0.6) is 0 Å². The summed E-state index contributed by atoms with van der Waals surface area (Å²) < 4.78 is 0. The first-order valence-electron chi connectivity index (χ1n) is 14.0. The van der Waals surface area contributed by atoms with Crippen molar-refractivity contribution in [2.24, 2.45) is 5.92 Å². The van der Waals surface area contributed by atoms with Gasteiger partial charge in [-0.15, -0.1) is 0 Å². The molecule has 9 heteroatoms. The highest BCUT2D eigenvalue weighted by molar-refractivity contribution is 6.10. The minimum Gasteiger partial charge on any atom is -0.480 e. The molecule has 2 aromatic carbocycles. The third-order valence-corrected chi connectivity index (χ3v) is 7.89. The van der Waals surface area contributed by atoms with Crippen molar-refractivity contribution in [2.45, 2.75) is 76.9 Å². The van der Waals surface area contributed by atoms with Crippen LogP contribution in [0, 0.1) is 5.92 Å². The number of carbonyl (C=O) groups excluding carboxylic acids is 4. The molecule has 4 rings (SSSR count). The van der Waals surface area contributed by atoms with Crippen LogP contribution in [0.15, 0.2) is 54.6 Å². The maximum Gasteiger partial charge on any atom is 0.322 e. The van der Waals surface area contributed by atoms with Crippen molar-refractivity contribution in [3.8, 4) is 0 Å². The summed E-state index contributed by atoms with van der Waals surface area (Å²) in [6, 6.07) is 13.9. The van der Waals surface area contributed by atoms with Gasteiger partial charge in [-0.05, 0) is 30.0 Å². The Morgan fingerprint density at radius 2 is 1.57 bits per heavy atom. The predicted molar refractivity (Wildman–Crippen MR) is 150 cm³/mol. The molecule has 0 saturated heterocycles. The highest BCUT2D eigenvalue weighted by atomic mass is 16.4. The van der Waals surface area contributed by atoms with Crippen LogP contribution in [-0.2, 0) is 25.7 Å². The summed E-state index contributed by atoms with van der Waals surface area (Å²) in [7, 11) is 0. The van der Waals surface area contributed by atoms with Crippen molar-refractivity contribution in [2.75, 3.05) is 11.4 Å². The number of fused-ring (bicyclic) bond motifs is 1. The molecule has 1 aliphatic carbocycles. The minimum absolute atomic E-state index is 0.173. The lowest BCUT2D eigenvalue weighted by Crippen LogP contribution is -2.59. The lowest BCUT2D eigenvalue weighted by molar-refractivity contribution is -0.147. The summed E-state index contributed by atoms with van der Waals surface area (Å²) in [5, 5.41) is 11.5. The van der Waals surface area contributed by atoms with Crippen LogP contribution >= 0.6 is 0 Å². The van der Waals surface area contributed by atoms with E-state index in [0.717, 1.165) is 44.1 Å². The van der Waals surface area contributed by atoms with E-state index >= 15 is 0 Å². The normalized spacial score (nSPS) is 20.5. The maximum absolute atomic E-state index is 14.6. The number of anilines is 1. The Bertz CT molecular complexity index is 1240. The van der Waals surface area contributed by atoms with Gasteiger partial charge in [0.2, 0.25) is 17.7 Å². The number of carbonyl (C=O) groups is 5. The van der Waals surface area contributed by atoms with E-state index < -0.39 is 42.2 Å². The Morgan fingerprint density at radius 3 is 2.23 bits per heavy atom. The van der Waals surface area contributed by atoms with Crippen molar-refractivity contribution < 1.29 is 29.1 Å². The Hall–Kier alpha value is -4.01. The van der Waals surface area contributed by atoms with Crippen molar-refractivity contribution in [1.29, 1.82) is 0 Å². The number of benzene rings is 2. The highest BCUT2D eigenvalue weighted by Crippen LogP contribution is 2.34. The van der Waals surface area contributed by atoms with Crippen LogP contribution in [0.25, 0.3) is 0 Å². The SMILES string of the molecule is CC(=O)N1[C@H](CC2CCCCCC2)C(=O)N(Cc2ccccc2)c2ccccc2C(=O)C[C@H]1C(=O)NCC(=O)O. The van der Waals surface area contributed by atoms with Crippen LogP contribution in [0.3, 0.4) is 0 Å². The van der Waals surface area contributed by atoms with E-state index in [1.165, 1.54) is 11.8 Å². The summed E-state index contributed by atoms with van der Waals surface area (Å²) in [6.45, 7) is 0.821. The first-order chi connectivity index (χ1) is 19.3. The number of nitrogens with zero attached hydrogens (tertiary/aromatic N) is 2. The largest absolute Gasteiger partial charge is 0.480 e. The van der Waals surface area contributed by atoms with Crippen molar-refractivity contribution >= 4 is 35.2 Å². The number of carboxylic acids is 1. The number of nitrogens with one attached hydrogen (secondary N) is 1. The number of carboxylic acid groups (broad SMARTS) is 1. The second kappa shape index (κ2) is 13.4. The van der Waals surface area contributed by atoms with Crippen molar-refractivity contribution in [3.63, 3.8) is 0 Å². The number of hydrogen-bond donors (Lipinski definition) is 2. The first kappa shape index (κ1) is 29.0. The number of amides is 3. The Balaban J connectivity index is 1.85. The molecule has 1 fully saturated rings. The first-order valence-corrected chi connectivity index (χ1v) is 14.0. The molecule has 1 aliphatic heterocycles. The highest BCUT2D eigenvalue weighted by Gasteiger charge is 2.43. The minimum atomic E-state index is -1.33. The standard InChI is InChI=1S/C31H37N3O6/c1-21(35)34-26(30(39)32-19-29(37)38)18-28(36)24-15-9-10-16-25(24)33(20-23-13-7-4-8-14-23)31(40)27(34)17-22-11-5-2-3-6-12-22/h4,7-10,13-16,22,26-27H,2-3,5-6,11-12,17-20H2,1H3,(H,32,39)(H,37,38)/t26-,27+/m0/s1. The van der Waals surface area contributed by atoms with Crippen LogP contribution in [0.2, 0.25) is 0 Å². The summed E-state index contributed by atoms with van der Waals surface area (Å²) in [6.07, 6.45) is 6.13. The van der Waals surface area contributed by atoms with Gasteiger partial charge in [-0.3, -0.25) is 24.0 Å². The molecule has 9 nitrogen and oxygen atoms in total. The average molecular weight is 548 g/mol. The van der Waals surface area contributed by atoms with Crippen LogP contribution in [0.4, 0.5) is 5.69 Å². The molecule has 0 radical (unpaired) electrons. The van der Waals surface area contributed by atoms with Crippen molar-refractivity contribution in [3.05, 3.63) is 65.7 Å². The summed E-state index contributed by atoms with van der Waals surface area (Å²) in [5.74, 6) is -3.12. The van der Waals surface area contributed by atoms with E-state index in [2.05, 4.69) is 5.32 Å². The summed E-state index contributed by atoms with van der Waals surface area (Å²) in [4.78, 5) is 69.0. The Kier molecular flexibility index (Phi) is 9.69. The number of ketones is 1. The van der Waals surface area contributed by atoms with Crippen molar-refractivity contribution in [1.82, 2.24) is 10.2 Å². The van der Waals surface area contributed by atoms with Gasteiger partial charge in [-0.2, -0.15) is 0 Å². The Labute approximate surface area is 234 Å². The molecule has 0 spiro atoms. The van der Waals surface area contributed by atoms with Crippen LogP contribution in [0.1, 0.15) is 74.2 Å². The number of aliphatic carboxylic acids is 1. The van der Waals surface area contributed by atoms with E-state index in [-0.39, 0.29) is 30.4 Å².